The predicted octanol–water partition coefficient (Wildman–Crippen LogP) is 9.67. The second-order valence-corrected chi connectivity index (χ2v) is 17.2. The van der Waals surface area contributed by atoms with E-state index in [1.165, 1.54) is 14.2 Å². The first-order valence-corrected chi connectivity index (χ1v) is 23.7. The Bertz CT molecular complexity index is 1140. The fraction of sp³-hybridized carbons (Fsp3) is 0.894. The Morgan fingerprint density at radius 3 is 1.48 bits per heavy atom. The fourth-order valence-electron chi connectivity index (χ4n) is 7.14. The largest absolute Gasteiger partial charge is 0.761 e. The van der Waals surface area contributed by atoms with Crippen LogP contribution in [0.2, 0.25) is 0 Å². The van der Waals surface area contributed by atoms with Crippen molar-refractivity contribution in [1.29, 1.82) is 0 Å². The molecule has 358 valence electrons. The summed E-state index contributed by atoms with van der Waals surface area (Å²) in [4.78, 5) is 73.8. The Kier molecular flexibility index (Phi) is 36.0. The van der Waals surface area contributed by atoms with Crippen molar-refractivity contribution >= 4 is 29.8 Å². The molecule has 0 aromatic heterocycles. The number of ether oxygens (including phenoxy) is 5. The van der Waals surface area contributed by atoms with Crippen molar-refractivity contribution < 1.29 is 52.5 Å². The second-order valence-electron chi connectivity index (χ2n) is 17.2. The van der Waals surface area contributed by atoms with Gasteiger partial charge in [0.1, 0.15) is 37.9 Å². The minimum atomic E-state index is -1.58. The average molecular weight is 872 g/mol. The molecule has 0 bridgehead atoms. The molecule has 3 unspecified atom stereocenters. The van der Waals surface area contributed by atoms with Gasteiger partial charge in [-0.2, -0.15) is 0 Å². The van der Waals surface area contributed by atoms with Gasteiger partial charge in [-0.1, -0.05) is 143 Å². The van der Waals surface area contributed by atoms with E-state index >= 15 is 0 Å². The van der Waals surface area contributed by atoms with Crippen molar-refractivity contribution in [1.82, 2.24) is 10.1 Å². The van der Waals surface area contributed by atoms with Crippen molar-refractivity contribution in [2.45, 2.75) is 194 Å². The molecule has 14 nitrogen and oxygen atoms in total. The monoisotopic (exact) mass is 872 g/mol. The molecule has 0 aliphatic carbocycles. The Hall–Kier alpha value is -2.81. The lowest BCUT2D eigenvalue weighted by atomic mass is 9.91. The first-order chi connectivity index (χ1) is 29.3. The third-order valence-corrected chi connectivity index (χ3v) is 11.1. The number of unbranched alkanes of at least 4 members (excludes halogenated alkanes) is 14. The Balaban J connectivity index is 6.64. The van der Waals surface area contributed by atoms with Crippen molar-refractivity contribution in [2.24, 2.45) is 17.3 Å². The maximum Gasteiger partial charge on any atom is 0.324 e. The van der Waals surface area contributed by atoms with Crippen molar-refractivity contribution in [3.8, 4) is 0 Å². The molecule has 0 aliphatic rings. The first-order valence-electron chi connectivity index (χ1n) is 23.7. The molecule has 0 saturated heterocycles. The molecule has 0 spiro atoms. The number of carbonyl (C=O) groups excluding carboxylic acids is 5. The molecule has 0 fully saturated rings. The van der Waals surface area contributed by atoms with E-state index in [-0.39, 0.29) is 36.8 Å². The summed E-state index contributed by atoms with van der Waals surface area (Å²) in [6.45, 7) is 7.25. The van der Waals surface area contributed by atoms with Crippen LogP contribution in [0.5, 0.6) is 0 Å². The van der Waals surface area contributed by atoms with Crippen molar-refractivity contribution in [2.75, 3.05) is 61.3 Å². The van der Waals surface area contributed by atoms with Crippen LogP contribution >= 0.6 is 0 Å². The van der Waals surface area contributed by atoms with Gasteiger partial charge in [-0.15, -0.1) is 0 Å². The van der Waals surface area contributed by atoms with E-state index in [9.17, 15) is 29.2 Å². The molecule has 61 heavy (non-hydrogen) atoms. The third kappa shape index (κ3) is 29.2. The number of hydrogen-bond acceptors (Lipinski definition) is 14. The fourth-order valence-corrected chi connectivity index (χ4v) is 7.14. The van der Waals surface area contributed by atoms with Gasteiger partial charge in [-0.25, -0.2) is 5.23 Å². The van der Waals surface area contributed by atoms with Crippen LogP contribution < -0.4 is 0 Å². The van der Waals surface area contributed by atoms with Gasteiger partial charge in [-0.05, 0) is 58.7 Å². The van der Waals surface area contributed by atoms with Crippen molar-refractivity contribution in [3.05, 3.63) is 5.21 Å². The van der Waals surface area contributed by atoms with Gasteiger partial charge in [0, 0.05) is 12.8 Å². The third-order valence-electron chi connectivity index (χ3n) is 11.1. The van der Waals surface area contributed by atoms with Crippen LogP contribution in [0.3, 0.4) is 0 Å². The van der Waals surface area contributed by atoms with Crippen LogP contribution in [0.15, 0.2) is 0 Å². The molecule has 0 radical (unpaired) electrons. The number of esters is 5. The topological polar surface area (TPSA) is 170 Å². The van der Waals surface area contributed by atoms with E-state index in [1.54, 1.807) is 0 Å². The predicted molar refractivity (Wildman–Crippen MR) is 238 cm³/mol. The normalized spacial score (nSPS) is 13.5. The highest BCUT2D eigenvalue weighted by atomic mass is 16.9. The zero-order chi connectivity index (χ0) is 45.7. The second kappa shape index (κ2) is 37.7. The number of hydroxylamine groups is 2. The van der Waals surface area contributed by atoms with E-state index in [2.05, 4.69) is 27.7 Å². The molecular weight excluding hydrogens is 785 g/mol. The first kappa shape index (κ1) is 58.2. The summed E-state index contributed by atoms with van der Waals surface area (Å²) in [5, 5.41) is 13.0. The molecule has 0 aliphatic heterocycles. The van der Waals surface area contributed by atoms with Crippen LogP contribution in [-0.4, -0.2) is 107 Å². The van der Waals surface area contributed by atoms with Crippen molar-refractivity contribution in [3.63, 3.8) is 0 Å². The quantitative estimate of drug-likeness (QED) is 0.0187. The zero-order valence-corrected chi connectivity index (χ0v) is 39.7. The van der Waals surface area contributed by atoms with Gasteiger partial charge >= 0.3 is 29.8 Å². The highest BCUT2D eigenvalue weighted by molar-refractivity contribution is 5.94. The maximum atomic E-state index is 13.7. The van der Waals surface area contributed by atoms with Gasteiger partial charge < -0.3 is 38.6 Å². The lowest BCUT2D eigenvalue weighted by Gasteiger charge is -2.35. The minimum absolute atomic E-state index is 0.0901. The van der Waals surface area contributed by atoms with E-state index in [0.717, 1.165) is 116 Å². The Morgan fingerprint density at radius 1 is 0.525 bits per heavy atom. The number of methoxy groups -OCH3 is 1. The number of hydrogen-bond donors (Lipinski definition) is 0. The minimum Gasteiger partial charge on any atom is -0.761 e. The number of rotatable bonds is 41. The summed E-state index contributed by atoms with van der Waals surface area (Å²) < 4.78 is 28.3. The molecule has 0 rings (SSSR count). The van der Waals surface area contributed by atoms with Gasteiger partial charge in [0.25, 0.3) is 0 Å². The van der Waals surface area contributed by atoms with Gasteiger partial charge in [-0.3, -0.25) is 24.0 Å². The van der Waals surface area contributed by atoms with Crippen LogP contribution in [0.1, 0.15) is 188 Å². The highest BCUT2D eigenvalue weighted by Gasteiger charge is 2.40. The van der Waals surface area contributed by atoms with Gasteiger partial charge in [0.2, 0.25) is 0 Å². The SMILES string of the molecule is CCCCCCCCC(C(=O)OC)C(=O)OCC(COC(=O)CCCN(C)C)(COC(=O)CC(CCCCC)CCCCC)COC(=O)C(CCCCCCCC)N([O-])OC. The lowest BCUT2D eigenvalue weighted by molar-refractivity contribution is -0.184. The van der Waals surface area contributed by atoms with Crippen LogP contribution in [0.25, 0.3) is 0 Å². The maximum absolute atomic E-state index is 13.7. The standard InChI is InChI=1S/C47H87N2O12/c1-9-13-17-19-21-25-30-40(44(52)56-7)45(53)60-37-47(35-58-42(50)32-27-33-48(5)6,36-59-43(51)34-39(28-23-15-11-3)29-24-16-12-4)38-61-46(54)41(49(55)57-8)31-26-22-20-18-14-10-2/h39-41H,9-38H2,1-8H3/q-1. The van der Waals surface area contributed by atoms with E-state index in [4.69, 9.17) is 28.5 Å². The van der Waals surface area contributed by atoms with E-state index in [0.29, 0.717) is 25.8 Å². The molecule has 0 heterocycles. The van der Waals surface area contributed by atoms with Crippen LogP contribution in [0, 0.1) is 22.5 Å². The zero-order valence-electron chi connectivity index (χ0n) is 39.7. The molecule has 0 amide bonds. The summed E-state index contributed by atoms with van der Waals surface area (Å²) in [5.74, 6) is -4.57. The molecule has 14 heteroatoms. The lowest BCUT2D eigenvalue weighted by Crippen LogP contribution is -2.46. The van der Waals surface area contributed by atoms with E-state index < -0.39 is 73.6 Å². The average Bonchev–Trinajstić information content (AvgIpc) is 3.24. The van der Waals surface area contributed by atoms with E-state index in [1.807, 2.05) is 19.0 Å². The molecule has 0 saturated carbocycles. The summed E-state index contributed by atoms with van der Waals surface area (Å²) in [7, 11) is 6.17. The smallest absolute Gasteiger partial charge is 0.324 e. The van der Waals surface area contributed by atoms with Gasteiger partial charge in [0.05, 0.1) is 14.2 Å². The van der Waals surface area contributed by atoms with Gasteiger partial charge in [0.15, 0.2) is 5.92 Å². The number of nitrogens with zero attached hydrogens (tertiary/aromatic N) is 2. The van der Waals surface area contributed by atoms with Crippen LogP contribution in [-0.2, 0) is 52.5 Å². The summed E-state index contributed by atoms with van der Waals surface area (Å²) in [6.07, 6.45) is 20.5. The number of carbonyl (C=O) groups is 5. The molecule has 0 aromatic rings. The summed E-state index contributed by atoms with van der Waals surface area (Å²) in [5.41, 5.74) is -1.58. The Morgan fingerprint density at radius 2 is 0.967 bits per heavy atom. The summed E-state index contributed by atoms with van der Waals surface area (Å²) >= 11 is 0. The molecule has 3 atom stereocenters. The van der Waals surface area contributed by atoms with Crippen LogP contribution in [0.4, 0.5) is 0 Å². The highest BCUT2D eigenvalue weighted by Crippen LogP contribution is 2.27. The summed E-state index contributed by atoms with van der Waals surface area (Å²) in [6, 6.07) is -1.29. The molecular formula is C47H87N2O12-. The Labute approximate surface area is 369 Å². The molecule has 0 N–H and O–H groups in total. The molecule has 0 aromatic carbocycles.